The number of hydrogen-bond donors (Lipinski definition) is 2. The zero-order valence-corrected chi connectivity index (χ0v) is 11.0. The maximum absolute atomic E-state index is 13.0. The second kappa shape index (κ2) is 6.26. The van der Waals surface area contributed by atoms with Gasteiger partial charge in [0.1, 0.15) is 0 Å². The van der Waals surface area contributed by atoms with Crippen molar-refractivity contribution in [3.05, 3.63) is 35.1 Å². The minimum atomic E-state index is -1.57. The Bertz CT molecular complexity index is 484. The molecule has 6 heteroatoms. The van der Waals surface area contributed by atoms with E-state index in [1.165, 1.54) is 0 Å². The van der Waals surface area contributed by atoms with Gasteiger partial charge in [-0.05, 0) is 37.3 Å². The van der Waals surface area contributed by atoms with Crippen molar-refractivity contribution in [2.45, 2.75) is 31.7 Å². The number of hydrogen-bond acceptors (Lipinski definition) is 2. The molecule has 0 aromatic heterocycles. The number of carbonyl (C=O) groups is 1. The van der Waals surface area contributed by atoms with Crippen molar-refractivity contribution in [2.75, 3.05) is 6.54 Å². The van der Waals surface area contributed by atoms with Crippen LogP contribution < -0.4 is 11.1 Å². The van der Waals surface area contributed by atoms with Crippen LogP contribution in [0, 0.1) is 23.4 Å². The molecule has 2 rings (SSSR count). The predicted octanol–water partition coefficient (Wildman–Crippen LogP) is 2.35. The average Bonchev–Trinajstić information content (AvgIpc) is 2.41. The molecular formula is C14H17F3N2O. The number of carbonyl (C=O) groups excluding carboxylic acids is 1. The molecule has 0 bridgehead atoms. The fourth-order valence-corrected chi connectivity index (χ4v) is 2.54. The first-order valence-corrected chi connectivity index (χ1v) is 6.65. The highest BCUT2D eigenvalue weighted by atomic mass is 19.2. The van der Waals surface area contributed by atoms with Crippen LogP contribution in [0.25, 0.3) is 0 Å². The fraction of sp³-hybridized carbons (Fsp3) is 0.500. The lowest BCUT2D eigenvalue weighted by Gasteiger charge is -2.26. The van der Waals surface area contributed by atoms with Crippen LogP contribution in [0.15, 0.2) is 12.1 Å². The number of benzene rings is 1. The molecule has 1 aliphatic carbocycles. The summed E-state index contributed by atoms with van der Waals surface area (Å²) in [4.78, 5) is 11.8. The molecule has 0 aliphatic heterocycles. The molecule has 2 atom stereocenters. The Hall–Kier alpha value is -1.56. The van der Waals surface area contributed by atoms with Crippen LogP contribution in [0.5, 0.6) is 0 Å². The third-order valence-electron chi connectivity index (χ3n) is 3.62. The van der Waals surface area contributed by atoms with Crippen LogP contribution in [-0.4, -0.2) is 18.5 Å². The topological polar surface area (TPSA) is 55.1 Å². The Kier molecular flexibility index (Phi) is 4.65. The summed E-state index contributed by atoms with van der Waals surface area (Å²) in [5, 5.41) is 2.61. The second-order valence-corrected chi connectivity index (χ2v) is 5.26. The first-order valence-electron chi connectivity index (χ1n) is 6.65. The standard InChI is InChI=1S/C14H17F3N2O/c15-11-5-9(6-12(16)13(11)17)14(20)19-7-8-2-1-3-10(18)4-8/h5-6,8,10H,1-4,7,18H2,(H,19,20). The molecule has 1 aromatic carbocycles. The molecule has 20 heavy (non-hydrogen) atoms. The quantitative estimate of drug-likeness (QED) is 0.838. The van der Waals surface area contributed by atoms with E-state index >= 15 is 0 Å². The molecule has 110 valence electrons. The number of nitrogens with one attached hydrogen (secondary N) is 1. The van der Waals surface area contributed by atoms with Gasteiger partial charge in [0.05, 0.1) is 0 Å². The monoisotopic (exact) mass is 286 g/mol. The van der Waals surface area contributed by atoms with Gasteiger partial charge in [0.15, 0.2) is 17.5 Å². The van der Waals surface area contributed by atoms with Gasteiger partial charge in [-0.15, -0.1) is 0 Å². The van der Waals surface area contributed by atoms with E-state index in [4.69, 9.17) is 5.73 Å². The van der Waals surface area contributed by atoms with Crippen LogP contribution in [0.2, 0.25) is 0 Å². The molecule has 1 aromatic rings. The van der Waals surface area contributed by atoms with Gasteiger partial charge in [-0.3, -0.25) is 4.79 Å². The first-order chi connectivity index (χ1) is 9.47. The normalized spacial score (nSPS) is 22.6. The molecule has 3 nitrogen and oxygen atoms in total. The summed E-state index contributed by atoms with van der Waals surface area (Å²) in [5.41, 5.74) is 5.62. The molecule has 0 radical (unpaired) electrons. The minimum Gasteiger partial charge on any atom is -0.352 e. The van der Waals surface area contributed by atoms with Gasteiger partial charge in [0, 0.05) is 18.2 Å². The Morgan fingerprint density at radius 1 is 1.25 bits per heavy atom. The van der Waals surface area contributed by atoms with Crippen LogP contribution in [0.3, 0.4) is 0 Å². The highest BCUT2D eigenvalue weighted by Crippen LogP contribution is 2.22. The molecule has 0 spiro atoms. The third kappa shape index (κ3) is 3.50. The molecule has 1 aliphatic rings. The van der Waals surface area contributed by atoms with Gasteiger partial charge >= 0.3 is 0 Å². The Balaban J connectivity index is 1.95. The maximum Gasteiger partial charge on any atom is 0.251 e. The van der Waals surface area contributed by atoms with Gasteiger partial charge in [-0.1, -0.05) is 6.42 Å². The Morgan fingerprint density at radius 3 is 2.50 bits per heavy atom. The zero-order valence-electron chi connectivity index (χ0n) is 11.0. The second-order valence-electron chi connectivity index (χ2n) is 5.26. The lowest BCUT2D eigenvalue weighted by atomic mass is 9.86. The zero-order chi connectivity index (χ0) is 14.7. The van der Waals surface area contributed by atoms with E-state index in [-0.39, 0.29) is 17.5 Å². The van der Waals surface area contributed by atoms with Crippen molar-refractivity contribution in [1.29, 1.82) is 0 Å². The van der Waals surface area contributed by atoms with Crippen LogP contribution in [-0.2, 0) is 0 Å². The molecule has 1 amide bonds. The van der Waals surface area contributed by atoms with Crippen LogP contribution in [0.4, 0.5) is 13.2 Å². The number of halogens is 3. The van der Waals surface area contributed by atoms with Crippen molar-refractivity contribution in [3.8, 4) is 0 Å². The van der Waals surface area contributed by atoms with Gasteiger partial charge in [-0.25, -0.2) is 13.2 Å². The molecule has 0 heterocycles. The molecular weight excluding hydrogens is 269 g/mol. The molecule has 1 saturated carbocycles. The third-order valence-corrected chi connectivity index (χ3v) is 3.62. The summed E-state index contributed by atoms with van der Waals surface area (Å²) in [6.45, 7) is 0.410. The highest BCUT2D eigenvalue weighted by Gasteiger charge is 2.20. The summed E-state index contributed by atoms with van der Waals surface area (Å²) in [6, 6.07) is 1.53. The first kappa shape index (κ1) is 14.8. The van der Waals surface area contributed by atoms with E-state index in [0.29, 0.717) is 18.7 Å². The summed E-state index contributed by atoms with van der Waals surface area (Å²) in [6.07, 6.45) is 3.80. The van der Waals surface area contributed by atoms with Crippen molar-refractivity contribution in [3.63, 3.8) is 0 Å². The Morgan fingerprint density at radius 2 is 1.90 bits per heavy atom. The minimum absolute atomic E-state index is 0.145. The van der Waals surface area contributed by atoms with Gasteiger partial charge in [-0.2, -0.15) is 0 Å². The van der Waals surface area contributed by atoms with E-state index in [0.717, 1.165) is 25.7 Å². The summed E-state index contributed by atoms with van der Waals surface area (Å²) in [5.74, 6) is -4.63. The predicted molar refractivity (Wildman–Crippen MR) is 68.6 cm³/mol. The van der Waals surface area contributed by atoms with Crippen LogP contribution in [0.1, 0.15) is 36.0 Å². The van der Waals surface area contributed by atoms with Crippen molar-refractivity contribution < 1.29 is 18.0 Å². The SMILES string of the molecule is NC1CCCC(CNC(=O)c2cc(F)c(F)c(F)c2)C1. The van der Waals surface area contributed by atoms with E-state index in [1.54, 1.807) is 0 Å². The van der Waals surface area contributed by atoms with Crippen LogP contribution >= 0.6 is 0 Å². The van der Waals surface area contributed by atoms with Crippen molar-refractivity contribution >= 4 is 5.91 Å². The Labute approximate surface area is 115 Å². The van der Waals surface area contributed by atoms with E-state index < -0.39 is 23.4 Å². The highest BCUT2D eigenvalue weighted by molar-refractivity contribution is 5.94. The van der Waals surface area contributed by atoms with E-state index in [1.807, 2.05) is 0 Å². The fourth-order valence-electron chi connectivity index (χ4n) is 2.54. The maximum atomic E-state index is 13.0. The lowest BCUT2D eigenvalue weighted by Crippen LogP contribution is -2.35. The molecule has 2 unspecified atom stereocenters. The average molecular weight is 286 g/mol. The number of amides is 1. The molecule has 1 fully saturated rings. The van der Waals surface area contributed by atoms with Gasteiger partial charge < -0.3 is 11.1 Å². The lowest BCUT2D eigenvalue weighted by molar-refractivity contribution is 0.0941. The summed E-state index contributed by atoms with van der Waals surface area (Å²) in [7, 11) is 0. The molecule has 0 saturated heterocycles. The van der Waals surface area contributed by atoms with Gasteiger partial charge in [0.2, 0.25) is 0 Å². The number of rotatable bonds is 3. The van der Waals surface area contributed by atoms with Crippen molar-refractivity contribution in [1.82, 2.24) is 5.32 Å². The van der Waals surface area contributed by atoms with E-state index in [2.05, 4.69) is 5.32 Å². The van der Waals surface area contributed by atoms with Crippen molar-refractivity contribution in [2.24, 2.45) is 11.7 Å². The summed E-state index contributed by atoms with van der Waals surface area (Å²) < 4.78 is 38.9. The summed E-state index contributed by atoms with van der Waals surface area (Å²) >= 11 is 0. The van der Waals surface area contributed by atoms with Gasteiger partial charge in [0.25, 0.3) is 5.91 Å². The smallest absolute Gasteiger partial charge is 0.251 e. The number of nitrogens with two attached hydrogens (primary N) is 1. The largest absolute Gasteiger partial charge is 0.352 e. The molecule has 3 N–H and O–H groups in total. The van der Waals surface area contributed by atoms with E-state index in [9.17, 15) is 18.0 Å².